The number of hydrogen-bond donors (Lipinski definition) is 2. The summed E-state index contributed by atoms with van der Waals surface area (Å²) in [6, 6.07) is 1.65. The van der Waals surface area contributed by atoms with Crippen LogP contribution in [0.25, 0.3) is 10.6 Å². The van der Waals surface area contributed by atoms with E-state index in [9.17, 15) is 13.2 Å². The molecule has 6 rings (SSSR count). The average Bonchev–Trinajstić information content (AvgIpc) is 3.78. The molecule has 2 atom stereocenters. The Morgan fingerprint density at radius 2 is 1.97 bits per heavy atom. The minimum atomic E-state index is -3.46. The molecular formula is C24H27N7O4S2. The molecule has 3 heterocycles. The number of thiazole rings is 1. The number of nitrogens with zero attached hydrogens (tertiary/aromatic N) is 5. The van der Waals surface area contributed by atoms with E-state index in [0.717, 1.165) is 24.1 Å². The highest BCUT2D eigenvalue weighted by Crippen LogP contribution is 2.59. The number of carbonyl (C=O) groups excluding carboxylic acids is 1. The van der Waals surface area contributed by atoms with Crippen LogP contribution in [0.1, 0.15) is 60.2 Å². The molecule has 2 unspecified atom stereocenters. The molecule has 0 saturated heterocycles. The molecule has 3 aliphatic rings. The van der Waals surface area contributed by atoms with Crippen LogP contribution < -0.4 is 14.8 Å². The van der Waals surface area contributed by atoms with Gasteiger partial charge in [-0.2, -0.15) is 0 Å². The van der Waals surface area contributed by atoms with Crippen LogP contribution in [0.4, 0.5) is 5.82 Å². The third kappa shape index (κ3) is 4.77. The van der Waals surface area contributed by atoms with E-state index >= 15 is 0 Å². The number of aromatic nitrogens is 5. The van der Waals surface area contributed by atoms with E-state index in [2.05, 4.69) is 35.0 Å². The van der Waals surface area contributed by atoms with Gasteiger partial charge < -0.3 is 10.1 Å². The first-order valence-electron chi connectivity index (χ1n) is 12.4. The molecule has 3 saturated carbocycles. The van der Waals surface area contributed by atoms with Crippen molar-refractivity contribution >= 4 is 33.1 Å². The molecule has 11 nitrogen and oxygen atoms in total. The van der Waals surface area contributed by atoms with Gasteiger partial charge in [-0.15, -0.1) is 11.3 Å². The quantitative estimate of drug-likeness (QED) is 0.417. The van der Waals surface area contributed by atoms with Crippen molar-refractivity contribution in [2.75, 3.05) is 11.3 Å². The lowest BCUT2D eigenvalue weighted by Crippen LogP contribution is -2.45. The average molecular weight is 542 g/mol. The van der Waals surface area contributed by atoms with Crippen molar-refractivity contribution in [3.8, 4) is 16.5 Å². The smallest absolute Gasteiger partial charge is 0.281 e. The van der Waals surface area contributed by atoms with Gasteiger partial charge in [-0.05, 0) is 57.8 Å². The van der Waals surface area contributed by atoms with Crippen molar-refractivity contribution < 1.29 is 17.9 Å². The maximum absolute atomic E-state index is 13.5. The summed E-state index contributed by atoms with van der Waals surface area (Å²) in [5.41, 5.74) is 1.18. The summed E-state index contributed by atoms with van der Waals surface area (Å²) in [6.07, 6.45) is 8.48. The Labute approximate surface area is 218 Å². The molecule has 0 spiro atoms. The molecule has 2 N–H and O–H groups in total. The predicted molar refractivity (Wildman–Crippen MR) is 137 cm³/mol. The molecule has 0 radical (unpaired) electrons. The van der Waals surface area contributed by atoms with Crippen LogP contribution >= 0.6 is 11.3 Å². The Hall–Kier alpha value is -3.19. The molecule has 0 aliphatic heterocycles. The minimum Gasteiger partial charge on any atom is -0.477 e. The lowest BCUT2D eigenvalue weighted by atomic mass is 9.89. The molecule has 3 aromatic rings. The SMILES string of the molecule is CCOc1cncc(-c2sc(C(=O)NC3(c4cc(NS(=O)(=O)C5CC5)ncn4)CC4CC4C3)nc2C)n1. The van der Waals surface area contributed by atoms with Gasteiger partial charge in [0, 0.05) is 6.07 Å². The lowest BCUT2D eigenvalue weighted by Gasteiger charge is -2.31. The second-order valence-electron chi connectivity index (χ2n) is 9.94. The highest BCUT2D eigenvalue weighted by molar-refractivity contribution is 7.93. The Kier molecular flexibility index (Phi) is 5.86. The van der Waals surface area contributed by atoms with Crippen LogP contribution in [-0.4, -0.2) is 51.1 Å². The van der Waals surface area contributed by atoms with E-state index in [-0.39, 0.29) is 17.0 Å². The number of hydrogen-bond acceptors (Lipinski definition) is 10. The molecular weight excluding hydrogens is 514 g/mol. The molecule has 0 aromatic carbocycles. The van der Waals surface area contributed by atoms with E-state index in [4.69, 9.17) is 4.74 Å². The fourth-order valence-electron chi connectivity index (χ4n) is 5.12. The fourth-order valence-corrected chi connectivity index (χ4v) is 7.37. The van der Waals surface area contributed by atoms with E-state index in [1.807, 2.05) is 13.8 Å². The van der Waals surface area contributed by atoms with Gasteiger partial charge in [0.05, 0.1) is 46.1 Å². The maximum Gasteiger partial charge on any atom is 0.281 e. The van der Waals surface area contributed by atoms with Gasteiger partial charge in [0.1, 0.15) is 17.8 Å². The molecule has 0 bridgehead atoms. The van der Waals surface area contributed by atoms with Crippen molar-refractivity contribution in [3.05, 3.63) is 41.2 Å². The van der Waals surface area contributed by atoms with Gasteiger partial charge in [-0.1, -0.05) is 0 Å². The zero-order valence-corrected chi connectivity index (χ0v) is 22.1. The monoisotopic (exact) mass is 541 g/mol. The standard InChI is InChI=1S/C24H27N7O4S2/c1-3-35-20-11-25-10-17(29-20)21-13(2)28-23(36-21)22(32)30-24(8-14-6-15(14)9-24)18-7-19(27-12-26-18)31-37(33,34)16-4-5-16/h7,10-12,14-16H,3-6,8-9H2,1-2H3,(H,30,32)(H,26,27,31). The van der Waals surface area contributed by atoms with E-state index in [0.29, 0.717) is 59.3 Å². The molecule has 194 valence electrons. The van der Waals surface area contributed by atoms with Crippen LogP contribution in [0, 0.1) is 18.8 Å². The Bertz CT molecular complexity index is 1460. The topological polar surface area (TPSA) is 149 Å². The van der Waals surface area contributed by atoms with Gasteiger partial charge in [-0.25, -0.2) is 28.4 Å². The third-order valence-electron chi connectivity index (χ3n) is 7.14. The van der Waals surface area contributed by atoms with E-state index < -0.39 is 15.6 Å². The number of rotatable bonds is 9. The summed E-state index contributed by atoms with van der Waals surface area (Å²) >= 11 is 1.25. The first kappa shape index (κ1) is 24.2. The number of sulfonamides is 1. The highest BCUT2D eigenvalue weighted by atomic mass is 32.2. The van der Waals surface area contributed by atoms with Gasteiger partial charge in [-0.3, -0.25) is 14.5 Å². The highest BCUT2D eigenvalue weighted by Gasteiger charge is 2.56. The Morgan fingerprint density at radius 1 is 1.19 bits per heavy atom. The van der Waals surface area contributed by atoms with Crippen LogP contribution in [0.15, 0.2) is 24.8 Å². The first-order chi connectivity index (χ1) is 17.8. The van der Waals surface area contributed by atoms with Crippen LogP contribution in [0.5, 0.6) is 5.88 Å². The number of amides is 1. The summed E-state index contributed by atoms with van der Waals surface area (Å²) in [4.78, 5) is 36.1. The van der Waals surface area contributed by atoms with Gasteiger partial charge in [0.2, 0.25) is 15.9 Å². The zero-order chi connectivity index (χ0) is 25.8. The van der Waals surface area contributed by atoms with E-state index in [1.165, 1.54) is 17.7 Å². The van der Waals surface area contributed by atoms with E-state index in [1.54, 1.807) is 18.5 Å². The second-order valence-corrected chi connectivity index (χ2v) is 12.9. The van der Waals surface area contributed by atoms with Crippen molar-refractivity contribution in [1.29, 1.82) is 0 Å². The number of anilines is 1. The molecule has 3 fully saturated rings. The Morgan fingerprint density at radius 3 is 2.70 bits per heavy atom. The number of aryl methyl sites for hydroxylation is 1. The van der Waals surface area contributed by atoms with Crippen LogP contribution in [0.3, 0.4) is 0 Å². The number of nitrogens with one attached hydrogen (secondary N) is 2. The minimum absolute atomic E-state index is 0.228. The Balaban J connectivity index is 1.26. The van der Waals surface area contributed by atoms with Gasteiger partial charge in [0.25, 0.3) is 5.91 Å². The summed E-state index contributed by atoms with van der Waals surface area (Å²) in [7, 11) is -3.46. The molecule has 3 aliphatic carbocycles. The van der Waals surface area contributed by atoms with Gasteiger partial charge in [0.15, 0.2) is 5.01 Å². The summed E-state index contributed by atoms with van der Waals surface area (Å²) in [6.45, 7) is 4.19. The second kappa shape index (κ2) is 8.98. The zero-order valence-electron chi connectivity index (χ0n) is 20.5. The number of ether oxygens (including phenoxy) is 1. The van der Waals surface area contributed by atoms with Crippen molar-refractivity contribution in [3.63, 3.8) is 0 Å². The third-order valence-corrected chi connectivity index (χ3v) is 10.2. The van der Waals surface area contributed by atoms with Crippen molar-refractivity contribution in [2.45, 2.75) is 56.7 Å². The summed E-state index contributed by atoms with van der Waals surface area (Å²) in [5, 5.41) is 3.17. The molecule has 3 aromatic heterocycles. The normalized spacial score (nSPS) is 24.4. The largest absolute Gasteiger partial charge is 0.477 e. The molecule has 13 heteroatoms. The number of fused-ring (bicyclic) bond motifs is 1. The first-order valence-corrected chi connectivity index (χ1v) is 14.7. The van der Waals surface area contributed by atoms with Crippen molar-refractivity contribution in [1.82, 2.24) is 30.2 Å². The summed E-state index contributed by atoms with van der Waals surface area (Å²) < 4.78 is 32.9. The lowest BCUT2D eigenvalue weighted by molar-refractivity contribution is 0.0888. The summed E-state index contributed by atoms with van der Waals surface area (Å²) in [5.74, 6) is 1.39. The molecule has 1 amide bonds. The molecule has 37 heavy (non-hydrogen) atoms. The predicted octanol–water partition coefficient (Wildman–Crippen LogP) is 3.06. The maximum atomic E-state index is 13.5. The van der Waals surface area contributed by atoms with Gasteiger partial charge >= 0.3 is 0 Å². The number of carbonyl (C=O) groups is 1. The van der Waals surface area contributed by atoms with Crippen LogP contribution in [-0.2, 0) is 15.6 Å². The van der Waals surface area contributed by atoms with Crippen molar-refractivity contribution in [2.24, 2.45) is 11.8 Å². The fraction of sp³-hybridized carbons (Fsp3) is 0.500. The van der Waals surface area contributed by atoms with Crippen LogP contribution in [0.2, 0.25) is 0 Å².